The monoisotopic (exact) mass is 496 g/mol. The van der Waals surface area contributed by atoms with Gasteiger partial charge in [0.05, 0.1) is 17.3 Å². The highest BCUT2D eigenvalue weighted by molar-refractivity contribution is 6.31. The van der Waals surface area contributed by atoms with E-state index in [1.807, 2.05) is 0 Å². The fraction of sp³-hybridized carbons (Fsp3) is 0.364. The normalized spacial score (nSPS) is 18.5. The summed E-state index contributed by atoms with van der Waals surface area (Å²) >= 11 is 11.6. The van der Waals surface area contributed by atoms with Crippen molar-refractivity contribution in [3.05, 3.63) is 52.3 Å². The Kier molecular flexibility index (Phi) is 7.42. The third-order valence-corrected chi connectivity index (χ3v) is 5.91. The van der Waals surface area contributed by atoms with Crippen LogP contribution >= 0.6 is 23.2 Å². The molecule has 2 aliphatic heterocycles. The van der Waals surface area contributed by atoms with E-state index in [2.05, 4.69) is 16.1 Å². The minimum atomic E-state index is -0.633. The van der Waals surface area contributed by atoms with Crippen LogP contribution < -0.4 is 25.5 Å². The van der Waals surface area contributed by atoms with E-state index in [0.717, 1.165) is 11.8 Å². The number of hydrazine groups is 1. The number of hydrogen-bond donors (Lipinski definition) is 3. The van der Waals surface area contributed by atoms with Crippen LogP contribution in [0.3, 0.4) is 0 Å². The molecule has 1 atom stereocenters. The first-order chi connectivity index (χ1) is 15.9. The predicted octanol–water partition coefficient (Wildman–Crippen LogP) is 3.00. The predicted molar refractivity (Wildman–Crippen MR) is 122 cm³/mol. The molecule has 176 valence electrons. The highest BCUT2D eigenvalue weighted by Gasteiger charge is 2.29. The van der Waals surface area contributed by atoms with Gasteiger partial charge in [-0.3, -0.25) is 15.0 Å². The van der Waals surface area contributed by atoms with Gasteiger partial charge in [0.1, 0.15) is 17.3 Å². The van der Waals surface area contributed by atoms with E-state index in [0.29, 0.717) is 43.2 Å². The lowest BCUT2D eigenvalue weighted by molar-refractivity contribution is -0.131. The first kappa shape index (κ1) is 23.4. The number of piperidine rings is 1. The van der Waals surface area contributed by atoms with Gasteiger partial charge in [0.25, 0.3) is 11.8 Å². The van der Waals surface area contributed by atoms with Gasteiger partial charge in [0.2, 0.25) is 0 Å². The summed E-state index contributed by atoms with van der Waals surface area (Å²) < 4.78 is 24.5. The minimum Gasteiger partial charge on any atom is -0.484 e. The van der Waals surface area contributed by atoms with E-state index in [1.165, 1.54) is 12.1 Å². The van der Waals surface area contributed by atoms with Gasteiger partial charge in [-0.15, -0.1) is 0 Å². The molecule has 2 aromatic rings. The van der Waals surface area contributed by atoms with Crippen LogP contribution in [0.25, 0.3) is 0 Å². The van der Waals surface area contributed by atoms with Crippen LogP contribution in [-0.2, 0) is 9.59 Å². The standard InChI is InChI=1S/C22H23Cl2FN4O4/c23-13-1-4-19-18(9-13)26-11-20(33-19)22(31)27-14-5-7-29(8-6-14)28-21(30)12-32-15-2-3-16(24)17(25)10-15/h1-4,9-10,14,20,26H,5-8,11-12H2,(H,27,31)(H,28,30). The lowest BCUT2D eigenvalue weighted by Gasteiger charge is -2.33. The Hall–Kier alpha value is -2.75. The molecule has 0 spiro atoms. The molecule has 0 saturated carbocycles. The lowest BCUT2D eigenvalue weighted by Crippen LogP contribution is -2.54. The van der Waals surface area contributed by atoms with Crippen molar-refractivity contribution in [2.45, 2.75) is 25.0 Å². The molecule has 2 heterocycles. The van der Waals surface area contributed by atoms with E-state index in [1.54, 1.807) is 23.2 Å². The molecule has 8 nitrogen and oxygen atoms in total. The molecule has 2 aromatic carbocycles. The first-order valence-corrected chi connectivity index (χ1v) is 11.3. The molecule has 11 heteroatoms. The summed E-state index contributed by atoms with van der Waals surface area (Å²) in [4.78, 5) is 24.8. The molecule has 0 aromatic heterocycles. The van der Waals surface area contributed by atoms with Crippen LogP contribution in [0, 0.1) is 5.82 Å². The van der Waals surface area contributed by atoms with Crippen molar-refractivity contribution in [1.82, 2.24) is 15.8 Å². The Labute approximate surface area is 200 Å². The number of carbonyl (C=O) groups excluding carboxylic acids is 2. The molecule has 3 N–H and O–H groups in total. The zero-order valence-electron chi connectivity index (χ0n) is 17.6. The molecule has 4 rings (SSSR count). The van der Waals surface area contributed by atoms with E-state index in [-0.39, 0.29) is 35.2 Å². The van der Waals surface area contributed by atoms with Crippen molar-refractivity contribution in [3.63, 3.8) is 0 Å². The van der Waals surface area contributed by atoms with E-state index in [4.69, 9.17) is 32.7 Å². The van der Waals surface area contributed by atoms with Crippen LogP contribution in [0.2, 0.25) is 10.0 Å². The molecule has 2 aliphatic rings. The van der Waals surface area contributed by atoms with Crippen molar-refractivity contribution >= 4 is 40.7 Å². The number of carbonyl (C=O) groups is 2. The third-order valence-electron chi connectivity index (χ3n) is 5.37. The third kappa shape index (κ3) is 6.19. The summed E-state index contributed by atoms with van der Waals surface area (Å²) in [5.41, 5.74) is 3.52. The fourth-order valence-electron chi connectivity index (χ4n) is 3.64. The number of amides is 2. The van der Waals surface area contributed by atoms with E-state index >= 15 is 0 Å². The van der Waals surface area contributed by atoms with Crippen LogP contribution in [0.15, 0.2) is 36.4 Å². The van der Waals surface area contributed by atoms with Gasteiger partial charge in [0.15, 0.2) is 12.7 Å². The second-order valence-corrected chi connectivity index (χ2v) is 8.64. The topological polar surface area (TPSA) is 91.9 Å². The SMILES string of the molecule is O=C(COc1ccc(Cl)c(F)c1)NN1CCC(NC(=O)C2CNc3cc(Cl)ccc3O2)CC1. The molecular formula is C22H23Cl2FN4O4. The van der Waals surface area contributed by atoms with Gasteiger partial charge in [-0.05, 0) is 43.2 Å². The van der Waals surface area contributed by atoms with Crippen LogP contribution in [0.1, 0.15) is 12.8 Å². The molecule has 1 unspecified atom stereocenters. The Balaban J connectivity index is 1.17. The number of benzene rings is 2. The maximum absolute atomic E-state index is 13.4. The summed E-state index contributed by atoms with van der Waals surface area (Å²) in [7, 11) is 0. The average molecular weight is 497 g/mol. The summed E-state index contributed by atoms with van der Waals surface area (Å²) in [5.74, 6) is -0.338. The number of fused-ring (bicyclic) bond motifs is 1. The highest BCUT2D eigenvalue weighted by atomic mass is 35.5. The second-order valence-electron chi connectivity index (χ2n) is 7.80. The Morgan fingerprint density at radius 3 is 2.73 bits per heavy atom. The van der Waals surface area contributed by atoms with Gasteiger partial charge in [-0.25, -0.2) is 9.40 Å². The number of anilines is 1. The second kappa shape index (κ2) is 10.5. The number of ether oxygens (including phenoxy) is 2. The fourth-order valence-corrected chi connectivity index (χ4v) is 3.93. The molecule has 0 radical (unpaired) electrons. The van der Waals surface area contributed by atoms with Crippen LogP contribution in [0.5, 0.6) is 11.5 Å². The number of hydrogen-bond acceptors (Lipinski definition) is 6. The van der Waals surface area contributed by atoms with E-state index < -0.39 is 11.9 Å². The molecule has 0 bridgehead atoms. The summed E-state index contributed by atoms with van der Waals surface area (Å²) in [6.45, 7) is 1.23. The summed E-state index contributed by atoms with van der Waals surface area (Å²) in [6, 6.07) is 9.17. The zero-order chi connectivity index (χ0) is 23.4. The van der Waals surface area contributed by atoms with Crippen LogP contribution in [-0.4, -0.2) is 55.2 Å². The number of halogens is 3. The molecular weight excluding hydrogens is 474 g/mol. The molecule has 2 amide bonds. The quantitative estimate of drug-likeness (QED) is 0.569. The average Bonchev–Trinajstić information content (AvgIpc) is 2.80. The van der Waals surface area contributed by atoms with Gasteiger partial charge in [0, 0.05) is 30.2 Å². The van der Waals surface area contributed by atoms with Gasteiger partial charge in [-0.2, -0.15) is 0 Å². The summed E-state index contributed by atoms with van der Waals surface area (Å²) in [6.07, 6.45) is 0.703. The number of nitrogens with one attached hydrogen (secondary N) is 3. The molecule has 1 saturated heterocycles. The minimum absolute atomic E-state index is 0.0113. The maximum atomic E-state index is 13.4. The first-order valence-electron chi connectivity index (χ1n) is 10.5. The Morgan fingerprint density at radius 2 is 1.97 bits per heavy atom. The van der Waals surface area contributed by atoms with Crippen molar-refractivity contribution in [1.29, 1.82) is 0 Å². The van der Waals surface area contributed by atoms with Gasteiger partial charge >= 0.3 is 0 Å². The number of rotatable bonds is 6. The van der Waals surface area contributed by atoms with Crippen molar-refractivity contribution in [2.75, 3.05) is 31.6 Å². The molecule has 1 fully saturated rings. The number of nitrogens with zero attached hydrogens (tertiary/aromatic N) is 1. The Bertz CT molecular complexity index is 1030. The van der Waals surface area contributed by atoms with Crippen molar-refractivity contribution in [3.8, 4) is 11.5 Å². The zero-order valence-corrected chi connectivity index (χ0v) is 19.1. The van der Waals surface area contributed by atoms with E-state index in [9.17, 15) is 14.0 Å². The molecule has 33 heavy (non-hydrogen) atoms. The van der Waals surface area contributed by atoms with Crippen molar-refractivity contribution < 1.29 is 23.5 Å². The van der Waals surface area contributed by atoms with Crippen LogP contribution in [0.4, 0.5) is 10.1 Å². The molecule has 0 aliphatic carbocycles. The lowest BCUT2D eigenvalue weighted by atomic mass is 10.1. The largest absolute Gasteiger partial charge is 0.484 e. The maximum Gasteiger partial charge on any atom is 0.272 e. The highest BCUT2D eigenvalue weighted by Crippen LogP contribution is 2.31. The smallest absolute Gasteiger partial charge is 0.272 e. The Morgan fingerprint density at radius 1 is 1.18 bits per heavy atom. The van der Waals surface area contributed by atoms with Gasteiger partial charge < -0.3 is 20.1 Å². The summed E-state index contributed by atoms with van der Waals surface area (Å²) in [5, 5.41) is 8.54. The van der Waals surface area contributed by atoms with Gasteiger partial charge in [-0.1, -0.05) is 23.2 Å². The van der Waals surface area contributed by atoms with Crippen molar-refractivity contribution in [2.24, 2.45) is 0 Å².